The molecule has 0 unspecified atom stereocenters. The molecule has 0 saturated carbocycles. The van der Waals surface area contributed by atoms with E-state index in [1.807, 2.05) is 0 Å². The van der Waals surface area contributed by atoms with Gasteiger partial charge in [0.25, 0.3) is 5.91 Å². The lowest BCUT2D eigenvalue weighted by Crippen LogP contribution is -2.34. The Balaban J connectivity index is 1.85. The zero-order chi connectivity index (χ0) is 19.9. The predicted octanol–water partition coefficient (Wildman–Crippen LogP) is 2.65. The molecule has 10 heteroatoms. The van der Waals surface area contributed by atoms with Gasteiger partial charge in [0, 0.05) is 18.8 Å². The minimum atomic E-state index is -4.72. The van der Waals surface area contributed by atoms with Crippen molar-refractivity contribution < 1.29 is 32.3 Å². The number of nitrogens with zero attached hydrogens (tertiary/aromatic N) is 3. The van der Waals surface area contributed by atoms with Crippen molar-refractivity contribution in [2.45, 2.75) is 13.1 Å². The van der Waals surface area contributed by atoms with Gasteiger partial charge >= 0.3 is 12.1 Å². The van der Waals surface area contributed by atoms with E-state index in [4.69, 9.17) is 5.11 Å². The van der Waals surface area contributed by atoms with Gasteiger partial charge in [0.15, 0.2) is 5.69 Å². The highest BCUT2D eigenvalue weighted by atomic mass is 19.4. The SMILES string of the molecule is Cc1cc(C(=O)N2C[C@@H](C(F)(F)F)[C@H](C(=O)O)C2)nn1-c1ccc(F)cc1. The summed E-state index contributed by atoms with van der Waals surface area (Å²) >= 11 is 0. The van der Waals surface area contributed by atoms with Crippen molar-refractivity contribution >= 4 is 11.9 Å². The first-order valence-electron chi connectivity index (χ1n) is 7.99. The van der Waals surface area contributed by atoms with Crippen LogP contribution >= 0.6 is 0 Å². The Morgan fingerprint density at radius 3 is 2.33 bits per heavy atom. The maximum atomic E-state index is 13.1. The molecule has 6 nitrogen and oxygen atoms in total. The molecule has 2 atom stereocenters. The first-order chi connectivity index (χ1) is 12.6. The molecule has 1 aliphatic heterocycles. The number of aromatic nitrogens is 2. The third-order valence-electron chi connectivity index (χ3n) is 4.52. The summed E-state index contributed by atoms with van der Waals surface area (Å²) in [6.07, 6.45) is -4.72. The number of aryl methyl sites for hydroxylation is 1. The van der Waals surface area contributed by atoms with Crippen LogP contribution in [0.4, 0.5) is 17.6 Å². The second kappa shape index (κ2) is 6.67. The lowest BCUT2D eigenvalue weighted by atomic mass is 9.96. The highest BCUT2D eigenvalue weighted by Gasteiger charge is 2.53. The lowest BCUT2D eigenvalue weighted by Gasteiger charge is -2.18. The van der Waals surface area contributed by atoms with Gasteiger partial charge < -0.3 is 10.0 Å². The van der Waals surface area contributed by atoms with Gasteiger partial charge in [-0.15, -0.1) is 0 Å². The second-order valence-corrected chi connectivity index (χ2v) is 6.36. The van der Waals surface area contributed by atoms with Crippen LogP contribution < -0.4 is 0 Å². The fourth-order valence-electron chi connectivity index (χ4n) is 3.14. The van der Waals surface area contributed by atoms with E-state index < -0.39 is 48.8 Å². The first-order valence-corrected chi connectivity index (χ1v) is 7.99. The smallest absolute Gasteiger partial charge is 0.394 e. The van der Waals surface area contributed by atoms with Crippen LogP contribution in [-0.4, -0.2) is 50.9 Å². The minimum absolute atomic E-state index is 0.108. The van der Waals surface area contributed by atoms with Gasteiger partial charge in [0.1, 0.15) is 5.82 Å². The minimum Gasteiger partial charge on any atom is -0.481 e. The molecule has 2 heterocycles. The summed E-state index contributed by atoms with van der Waals surface area (Å²) in [6, 6.07) is 6.70. The van der Waals surface area contributed by atoms with Gasteiger partial charge in [-0.25, -0.2) is 9.07 Å². The van der Waals surface area contributed by atoms with Gasteiger partial charge in [-0.3, -0.25) is 9.59 Å². The number of benzene rings is 1. The molecule has 1 aromatic heterocycles. The van der Waals surface area contributed by atoms with Crippen LogP contribution in [0.15, 0.2) is 30.3 Å². The summed E-state index contributed by atoms with van der Waals surface area (Å²) < 4.78 is 53.6. The van der Waals surface area contributed by atoms with Crippen LogP contribution in [0, 0.1) is 24.6 Å². The van der Waals surface area contributed by atoms with Gasteiger partial charge in [0.05, 0.1) is 17.5 Å². The standard InChI is InChI=1S/C17H15F4N3O3/c1-9-6-14(22-24(9)11-4-2-10(18)3-5-11)15(25)23-7-12(16(26)27)13(8-23)17(19,20)21/h2-6,12-13H,7-8H2,1H3,(H,26,27)/t12-,13-/m1/s1. The first kappa shape index (κ1) is 18.9. The van der Waals surface area contributed by atoms with Crippen molar-refractivity contribution in [2.24, 2.45) is 11.8 Å². The summed E-state index contributed by atoms with van der Waals surface area (Å²) in [5, 5.41) is 13.1. The summed E-state index contributed by atoms with van der Waals surface area (Å²) in [5.41, 5.74) is 0.890. The van der Waals surface area contributed by atoms with E-state index in [2.05, 4.69) is 5.10 Å². The van der Waals surface area contributed by atoms with Gasteiger partial charge in [-0.05, 0) is 37.3 Å². The quantitative estimate of drug-likeness (QED) is 0.825. The van der Waals surface area contributed by atoms with Gasteiger partial charge in [0.2, 0.25) is 0 Å². The van der Waals surface area contributed by atoms with Crippen molar-refractivity contribution in [1.29, 1.82) is 0 Å². The molecular formula is C17H15F4N3O3. The summed E-state index contributed by atoms with van der Waals surface area (Å²) in [5.74, 6) is -6.67. The number of hydrogen-bond donors (Lipinski definition) is 1. The van der Waals surface area contributed by atoms with Crippen molar-refractivity contribution in [3.05, 3.63) is 47.5 Å². The molecule has 1 aromatic carbocycles. The second-order valence-electron chi connectivity index (χ2n) is 6.36. The van der Waals surface area contributed by atoms with Crippen molar-refractivity contribution in [3.8, 4) is 5.69 Å². The molecule has 0 spiro atoms. The van der Waals surface area contributed by atoms with Gasteiger partial charge in [-0.2, -0.15) is 18.3 Å². The Hall–Kier alpha value is -2.91. The zero-order valence-electron chi connectivity index (χ0n) is 14.1. The number of hydrogen-bond acceptors (Lipinski definition) is 3. The highest BCUT2D eigenvalue weighted by molar-refractivity contribution is 5.93. The predicted molar refractivity (Wildman–Crippen MR) is 84.8 cm³/mol. The molecule has 1 saturated heterocycles. The maximum Gasteiger partial charge on any atom is 0.394 e. The molecule has 1 amide bonds. The largest absolute Gasteiger partial charge is 0.481 e. The Morgan fingerprint density at radius 1 is 1.19 bits per heavy atom. The number of carboxylic acids is 1. The van der Waals surface area contributed by atoms with Crippen LogP contribution in [0.2, 0.25) is 0 Å². The Kier molecular flexibility index (Phi) is 4.66. The Bertz CT molecular complexity index is 877. The van der Waals surface area contributed by atoms with E-state index >= 15 is 0 Å². The molecule has 1 aliphatic rings. The molecular weight excluding hydrogens is 370 g/mol. The number of carbonyl (C=O) groups is 2. The summed E-state index contributed by atoms with van der Waals surface area (Å²) in [7, 11) is 0. The monoisotopic (exact) mass is 385 g/mol. The number of halogens is 4. The number of carbonyl (C=O) groups excluding carboxylic acids is 1. The lowest BCUT2D eigenvalue weighted by molar-refractivity contribution is -0.187. The molecule has 1 N–H and O–H groups in total. The van der Waals surface area contributed by atoms with Crippen LogP contribution in [0.5, 0.6) is 0 Å². The molecule has 3 rings (SSSR count). The van der Waals surface area contributed by atoms with Crippen molar-refractivity contribution in [1.82, 2.24) is 14.7 Å². The normalized spacial score (nSPS) is 20.1. The highest BCUT2D eigenvalue weighted by Crippen LogP contribution is 2.38. The third kappa shape index (κ3) is 3.64. The topological polar surface area (TPSA) is 75.4 Å². The number of likely N-dealkylation sites (tertiary alicyclic amines) is 1. The molecule has 0 radical (unpaired) electrons. The fraction of sp³-hybridized carbons (Fsp3) is 0.353. The Labute approximate surface area is 151 Å². The summed E-state index contributed by atoms with van der Waals surface area (Å²) in [6.45, 7) is 0.359. The number of carboxylic acid groups (broad SMARTS) is 1. The van der Waals surface area contributed by atoms with E-state index in [1.54, 1.807) is 6.92 Å². The van der Waals surface area contributed by atoms with Crippen LogP contribution in [0.3, 0.4) is 0 Å². The Morgan fingerprint density at radius 2 is 1.81 bits per heavy atom. The number of rotatable bonds is 3. The molecule has 27 heavy (non-hydrogen) atoms. The van der Waals surface area contributed by atoms with E-state index in [-0.39, 0.29) is 5.69 Å². The van der Waals surface area contributed by atoms with Crippen molar-refractivity contribution in [2.75, 3.05) is 13.1 Å². The van der Waals surface area contributed by atoms with E-state index in [1.165, 1.54) is 35.0 Å². The van der Waals surface area contributed by atoms with Crippen LogP contribution in [-0.2, 0) is 4.79 Å². The third-order valence-corrected chi connectivity index (χ3v) is 4.52. The summed E-state index contributed by atoms with van der Waals surface area (Å²) in [4.78, 5) is 24.6. The van der Waals surface area contributed by atoms with Crippen LogP contribution in [0.1, 0.15) is 16.2 Å². The zero-order valence-corrected chi connectivity index (χ0v) is 14.1. The van der Waals surface area contributed by atoms with E-state index in [0.29, 0.717) is 11.4 Å². The fourth-order valence-corrected chi connectivity index (χ4v) is 3.14. The molecule has 144 valence electrons. The molecule has 0 bridgehead atoms. The van der Waals surface area contributed by atoms with E-state index in [0.717, 1.165) is 4.90 Å². The average Bonchev–Trinajstić information content (AvgIpc) is 3.19. The van der Waals surface area contributed by atoms with Gasteiger partial charge in [-0.1, -0.05) is 0 Å². The molecule has 0 aliphatic carbocycles. The maximum absolute atomic E-state index is 13.1. The number of alkyl halides is 3. The number of aliphatic carboxylic acids is 1. The average molecular weight is 385 g/mol. The molecule has 1 fully saturated rings. The van der Waals surface area contributed by atoms with Crippen molar-refractivity contribution in [3.63, 3.8) is 0 Å². The van der Waals surface area contributed by atoms with Crippen LogP contribution in [0.25, 0.3) is 5.69 Å². The van der Waals surface area contributed by atoms with E-state index in [9.17, 15) is 27.2 Å². The number of amides is 1. The molecule has 2 aromatic rings.